The minimum atomic E-state index is -0.835. The van der Waals surface area contributed by atoms with Gasteiger partial charge >= 0.3 is 5.97 Å². The van der Waals surface area contributed by atoms with Crippen LogP contribution in [0.1, 0.15) is 34.4 Å². The zero-order valence-corrected chi connectivity index (χ0v) is 16.1. The smallest absolute Gasteiger partial charge is 0.400 e. The molecule has 0 fully saturated rings. The lowest BCUT2D eigenvalue weighted by molar-refractivity contribution is -0.384. The van der Waals surface area contributed by atoms with E-state index in [1.807, 2.05) is 24.3 Å². The highest BCUT2D eigenvalue weighted by molar-refractivity contribution is 5.98. The van der Waals surface area contributed by atoms with E-state index in [2.05, 4.69) is 12.1 Å². The molecule has 154 valence electrons. The maximum absolute atomic E-state index is 12.1. The van der Waals surface area contributed by atoms with Crippen LogP contribution in [0, 0.1) is 10.1 Å². The van der Waals surface area contributed by atoms with Crippen LogP contribution in [-0.2, 0) is 17.9 Å². The molecule has 0 aliphatic heterocycles. The third-order valence-corrected chi connectivity index (χ3v) is 4.18. The lowest BCUT2D eigenvalue weighted by atomic mass is 10.2. The van der Waals surface area contributed by atoms with Gasteiger partial charge < -0.3 is 19.7 Å². The number of hydrogen-bond acceptors (Lipinski definition) is 7. The molecule has 3 rings (SSSR count). The lowest BCUT2D eigenvalue weighted by Crippen LogP contribution is -2.15. The SMILES string of the molecule is CCc1ccc(OCc2ccc(C(=O)O/N=C(\N)c3ccc([N+](=O)[O-])cc3)o2)cc1. The zero-order chi connectivity index (χ0) is 21.5. The van der Waals surface area contributed by atoms with Crippen molar-refractivity contribution in [2.45, 2.75) is 20.0 Å². The van der Waals surface area contributed by atoms with Crippen molar-refractivity contribution < 1.29 is 23.7 Å². The van der Waals surface area contributed by atoms with Crippen LogP contribution in [0.3, 0.4) is 0 Å². The van der Waals surface area contributed by atoms with E-state index in [4.69, 9.17) is 19.7 Å². The number of amidine groups is 1. The molecule has 30 heavy (non-hydrogen) atoms. The van der Waals surface area contributed by atoms with Crippen LogP contribution >= 0.6 is 0 Å². The molecule has 1 aromatic heterocycles. The number of nitro benzene ring substituents is 1. The average Bonchev–Trinajstić information content (AvgIpc) is 3.25. The van der Waals surface area contributed by atoms with Crippen molar-refractivity contribution in [1.29, 1.82) is 0 Å². The van der Waals surface area contributed by atoms with Crippen molar-refractivity contribution in [3.63, 3.8) is 0 Å². The molecule has 0 saturated carbocycles. The van der Waals surface area contributed by atoms with Crippen LogP contribution in [-0.4, -0.2) is 16.7 Å². The number of nitro groups is 1. The summed E-state index contributed by atoms with van der Waals surface area (Å²) in [6, 6.07) is 16.1. The van der Waals surface area contributed by atoms with E-state index in [9.17, 15) is 14.9 Å². The van der Waals surface area contributed by atoms with Gasteiger partial charge in [-0.2, -0.15) is 0 Å². The normalized spacial score (nSPS) is 11.2. The van der Waals surface area contributed by atoms with Gasteiger partial charge in [-0.15, -0.1) is 0 Å². The van der Waals surface area contributed by atoms with E-state index in [1.54, 1.807) is 6.07 Å². The van der Waals surface area contributed by atoms with Crippen LogP contribution in [0.4, 0.5) is 5.69 Å². The lowest BCUT2D eigenvalue weighted by Gasteiger charge is -2.05. The quantitative estimate of drug-likeness (QED) is 0.197. The summed E-state index contributed by atoms with van der Waals surface area (Å²) >= 11 is 0. The number of furan rings is 1. The number of nitrogens with two attached hydrogens (primary N) is 1. The predicted octanol–water partition coefficient (Wildman–Crippen LogP) is 3.81. The van der Waals surface area contributed by atoms with Crippen molar-refractivity contribution in [2.24, 2.45) is 10.9 Å². The van der Waals surface area contributed by atoms with Crippen molar-refractivity contribution in [3.8, 4) is 5.75 Å². The van der Waals surface area contributed by atoms with Crippen LogP contribution in [0.25, 0.3) is 0 Å². The number of carbonyl (C=O) groups is 1. The minimum absolute atomic E-state index is 0.0600. The molecule has 9 nitrogen and oxygen atoms in total. The molecule has 0 atom stereocenters. The highest BCUT2D eigenvalue weighted by atomic mass is 16.7. The number of benzene rings is 2. The second-order valence-electron chi connectivity index (χ2n) is 6.21. The molecule has 0 spiro atoms. The Kier molecular flexibility index (Phi) is 6.43. The fraction of sp³-hybridized carbons (Fsp3) is 0.143. The number of non-ortho nitro benzene ring substituents is 1. The summed E-state index contributed by atoms with van der Waals surface area (Å²) in [7, 11) is 0. The molecule has 0 amide bonds. The van der Waals surface area contributed by atoms with Gasteiger partial charge in [0.1, 0.15) is 18.1 Å². The molecular formula is C21H19N3O6. The second kappa shape index (κ2) is 9.37. The number of aryl methyl sites for hydroxylation is 1. The molecule has 2 N–H and O–H groups in total. The first kappa shape index (κ1) is 20.6. The Morgan fingerprint density at radius 3 is 2.43 bits per heavy atom. The zero-order valence-electron chi connectivity index (χ0n) is 16.1. The summed E-state index contributed by atoms with van der Waals surface area (Å²) in [4.78, 5) is 27.0. The van der Waals surface area contributed by atoms with Gasteiger partial charge in [0.25, 0.3) is 5.69 Å². The molecule has 0 aliphatic rings. The molecule has 3 aromatic rings. The number of nitrogens with zero attached hydrogens (tertiary/aromatic N) is 2. The van der Waals surface area contributed by atoms with Crippen molar-refractivity contribution >= 4 is 17.5 Å². The second-order valence-corrected chi connectivity index (χ2v) is 6.21. The van der Waals surface area contributed by atoms with Gasteiger partial charge in [0.05, 0.1) is 4.92 Å². The molecule has 0 radical (unpaired) electrons. The van der Waals surface area contributed by atoms with Gasteiger partial charge in [-0.05, 0) is 48.4 Å². The molecule has 1 heterocycles. The van der Waals surface area contributed by atoms with Gasteiger partial charge in [-0.25, -0.2) is 4.79 Å². The highest BCUT2D eigenvalue weighted by Crippen LogP contribution is 2.17. The Morgan fingerprint density at radius 2 is 1.80 bits per heavy atom. The topological polar surface area (TPSA) is 130 Å². The van der Waals surface area contributed by atoms with E-state index in [0.29, 0.717) is 17.1 Å². The first-order valence-corrected chi connectivity index (χ1v) is 9.06. The molecule has 9 heteroatoms. The first-order valence-electron chi connectivity index (χ1n) is 9.06. The fourth-order valence-corrected chi connectivity index (χ4v) is 2.48. The third kappa shape index (κ3) is 5.22. The van der Waals surface area contributed by atoms with Gasteiger partial charge in [-0.1, -0.05) is 24.2 Å². The summed E-state index contributed by atoms with van der Waals surface area (Å²) < 4.78 is 11.0. The highest BCUT2D eigenvalue weighted by Gasteiger charge is 2.14. The summed E-state index contributed by atoms with van der Waals surface area (Å²) in [5, 5.41) is 14.2. The van der Waals surface area contributed by atoms with Crippen molar-refractivity contribution in [1.82, 2.24) is 0 Å². The maximum atomic E-state index is 12.1. The fourth-order valence-electron chi connectivity index (χ4n) is 2.48. The number of rotatable bonds is 8. The van der Waals surface area contributed by atoms with Crippen LogP contribution < -0.4 is 10.5 Å². The van der Waals surface area contributed by atoms with Crippen molar-refractivity contribution in [3.05, 3.63) is 93.4 Å². The molecule has 2 aromatic carbocycles. The Hall–Kier alpha value is -4.14. The van der Waals surface area contributed by atoms with Gasteiger partial charge in [0.2, 0.25) is 5.76 Å². The summed E-state index contributed by atoms with van der Waals surface area (Å²) in [5.41, 5.74) is 7.23. The molecule has 0 saturated heterocycles. The van der Waals surface area contributed by atoms with Crippen molar-refractivity contribution in [2.75, 3.05) is 0 Å². The largest absolute Gasteiger partial charge is 0.486 e. The summed E-state index contributed by atoms with van der Waals surface area (Å²) in [6.07, 6.45) is 0.946. The van der Waals surface area contributed by atoms with E-state index in [1.165, 1.54) is 35.9 Å². The number of ether oxygens (including phenoxy) is 1. The van der Waals surface area contributed by atoms with E-state index >= 15 is 0 Å². The predicted molar refractivity (Wildman–Crippen MR) is 108 cm³/mol. The van der Waals surface area contributed by atoms with Gasteiger partial charge in [0, 0.05) is 17.7 Å². The monoisotopic (exact) mass is 409 g/mol. The molecule has 0 unspecified atom stereocenters. The minimum Gasteiger partial charge on any atom is -0.486 e. The van der Waals surface area contributed by atoms with Gasteiger partial charge in [0.15, 0.2) is 5.84 Å². The third-order valence-electron chi connectivity index (χ3n) is 4.18. The van der Waals surface area contributed by atoms with Crippen LogP contribution in [0.2, 0.25) is 0 Å². The number of carbonyl (C=O) groups excluding carboxylic acids is 1. The Labute approximate surface area is 171 Å². The van der Waals surface area contributed by atoms with E-state index < -0.39 is 10.9 Å². The Balaban J connectivity index is 1.56. The van der Waals surface area contributed by atoms with Crippen LogP contribution in [0.15, 0.2) is 70.2 Å². The van der Waals surface area contributed by atoms with E-state index in [-0.39, 0.29) is 23.9 Å². The summed E-state index contributed by atoms with van der Waals surface area (Å²) in [6.45, 7) is 2.22. The molecule has 0 bridgehead atoms. The summed E-state index contributed by atoms with van der Waals surface area (Å²) in [5.74, 6) is 0.125. The Bertz CT molecular complexity index is 1060. The number of oxime groups is 1. The molecular weight excluding hydrogens is 390 g/mol. The maximum Gasteiger partial charge on any atom is 0.400 e. The van der Waals surface area contributed by atoms with Gasteiger partial charge in [-0.3, -0.25) is 10.1 Å². The van der Waals surface area contributed by atoms with Crippen LogP contribution in [0.5, 0.6) is 5.75 Å². The molecule has 0 aliphatic carbocycles. The average molecular weight is 409 g/mol. The Morgan fingerprint density at radius 1 is 1.10 bits per heavy atom. The standard InChI is InChI=1S/C21H19N3O6/c1-2-14-3-9-17(10-4-14)28-13-18-11-12-19(29-18)21(25)30-23-20(22)15-5-7-16(8-6-15)24(26)27/h3-12H,2,13H2,1H3,(H2,22,23). The van der Waals surface area contributed by atoms with E-state index in [0.717, 1.165) is 6.42 Å². The number of hydrogen-bond donors (Lipinski definition) is 1. The first-order chi connectivity index (χ1) is 14.5.